The molecule has 1 saturated heterocycles. The number of morpholine rings is 1. The van der Waals surface area contributed by atoms with Crippen LogP contribution in [0.5, 0.6) is 17.5 Å². The lowest BCUT2D eigenvalue weighted by molar-refractivity contribution is 0.122. The van der Waals surface area contributed by atoms with Crippen molar-refractivity contribution >= 4 is 28.2 Å². The number of methoxy groups -OCH3 is 2. The first kappa shape index (κ1) is 24.0. The number of anilines is 3. The molecule has 0 aliphatic carbocycles. The van der Waals surface area contributed by atoms with E-state index in [1.165, 1.54) is 0 Å². The monoisotopic (exact) mass is 499 g/mol. The molecule has 11 heteroatoms. The Hall–Kier alpha value is -4.69. The predicted molar refractivity (Wildman–Crippen MR) is 136 cm³/mol. The summed E-state index contributed by atoms with van der Waals surface area (Å²) >= 11 is 0. The fraction of sp³-hybridized carbons (Fsp3) is 0.269. The second-order valence-corrected chi connectivity index (χ2v) is 8.15. The Labute approximate surface area is 213 Å². The number of pyridine rings is 2. The van der Waals surface area contributed by atoms with Crippen molar-refractivity contribution in [1.82, 2.24) is 19.9 Å². The first-order chi connectivity index (χ1) is 18.2. The van der Waals surface area contributed by atoms with Crippen LogP contribution in [0.2, 0.25) is 0 Å². The van der Waals surface area contributed by atoms with E-state index in [2.05, 4.69) is 31.2 Å². The van der Waals surface area contributed by atoms with E-state index in [0.29, 0.717) is 58.7 Å². The van der Waals surface area contributed by atoms with Crippen LogP contribution in [-0.2, 0) is 11.3 Å². The highest BCUT2D eigenvalue weighted by atomic mass is 16.5. The van der Waals surface area contributed by atoms with Crippen LogP contribution in [0.3, 0.4) is 0 Å². The van der Waals surface area contributed by atoms with Crippen molar-refractivity contribution in [2.75, 3.05) is 50.7 Å². The van der Waals surface area contributed by atoms with Crippen molar-refractivity contribution in [1.29, 1.82) is 5.26 Å². The highest BCUT2D eigenvalue weighted by Gasteiger charge is 2.17. The molecule has 0 amide bonds. The first-order valence-electron chi connectivity index (χ1n) is 11.6. The van der Waals surface area contributed by atoms with Crippen molar-refractivity contribution in [3.8, 4) is 23.6 Å². The molecule has 1 aromatic carbocycles. The van der Waals surface area contributed by atoms with Gasteiger partial charge in [0.2, 0.25) is 5.88 Å². The topological polar surface area (TPSA) is 128 Å². The minimum absolute atomic E-state index is 0.264. The van der Waals surface area contributed by atoms with Gasteiger partial charge in [-0.05, 0) is 18.2 Å². The van der Waals surface area contributed by atoms with Crippen LogP contribution in [0.15, 0.2) is 48.9 Å². The zero-order valence-electron chi connectivity index (χ0n) is 20.5. The molecule has 11 nitrogen and oxygen atoms in total. The maximum Gasteiger partial charge on any atom is 0.257 e. The number of benzene rings is 1. The largest absolute Gasteiger partial charge is 0.491 e. The molecule has 1 aliphatic heterocycles. The van der Waals surface area contributed by atoms with E-state index in [4.69, 9.17) is 23.9 Å². The predicted octanol–water partition coefficient (Wildman–Crippen LogP) is 3.47. The quantitative estimate of drug-likeness (QED) is 0.383. The molecule has 0 bridgehead atoms. The van der Waals surface area contributed by atoms with Gasteiger partial charge in [-0.15, -0.1) is 0 Å². The number of rotatable bonds is 8. The van der Waals surface area contributed by atoms with E-state index in [9.17, 15) is 5.26 Å². The van der Waals surface area contributed by atoms with Crippen LogP contribution >= 0.6 is 0 Å². The molecule has 3 aromatic heterocycles. The second-order valence-electron chi connectivity index (χ2n) is 8.15. The summed E-state index contributed by atoms with van der Waals surface area (Å²) in [6.07, 6.45) is 5.03. The van der Waals surface area contributed by atoms with Crippen LogP contribution in [0, 0.1) is 11.3 Å². The third kappa shape index (κ3) is 5.29. The Morgan fingerprint density at radius 2 is 1.89 bits per heavy atom. The molecular formula is C26H25N7O4. The number of ether oxygens (including phenoxy) is 4. The highest BCUT2D eigenvalue weighted by molar-refractivity contribution is 5.89. The van der Waals surface area contributed by atoms with Crippen molar-refractivity contribution in [2.24, 2.45) is 0 Å². The summed E-state index contributed by atoms with van der Waals surface area (Å²) < 4.78 is 21.8. The van der Waals surface area contributed by atoms with Crippen molar-refractivity contribution in [3.63, 3.8) is 0 Å². The lowest BCUT2D eigenvalue weighted by Gasteiger charge is -2.27. The van der Waals surface area contributed by atoms with Crippen LogP contribution in [0.25, 0.3) is 11.0 Å². The Morgan fingerprint density at radius 3 is 2.62 bits per heavy atom. The average molecular weight is 500 g/mol. The second kappa shape index (κ2) is 10.9. The molecule has 4 heterocycles. The van der Waals surface area contributed by atoms with E-state index in [1.807, 2.05) is 12.1 Å². The van der Waals surface area contributed by atoms with Gasteiger partial charge in [-0.25, -0.2) is 15.0 Å². The molecule has 0 atom stereocenters. The van der Waals surface area contributed by atoms with Crippen LogP contribution in [0.1, 0.15) is 11.1 Å². The zero-order valence-corrected chi connectivity index (χ0v) is 20.5. The smallest absolute Gasteiger partial charge is 0.257 e. The van der Waals surface area contributed by atoms with E-state index in [-0.39, 0.29) is 6.61 Å². The van der Waals surface area contributed by atoms with Gasteiger partial charge in [0.05, 0.1) is 56.7 Å². The zero-order chi connectivity index (χ0) is 25.6. The molecule has 0 radical (unpaired) electrons. The molecular weight excluding hydrogens is 474 g/mol. The number of hydrogen-bond acceptors (Lipinski definition) is 11. The lowest BCUT2D eigenvalue weighted by Crippen LogP contribution is -2.36. The Balaban J connectivity index is 1.37. The van der Waals surface area contributed by atoms with Gasteiger partial charge in [-0.3, -0.25) is 4.98 Å². The summed E-state index contributed by atoms with van der Waals surface area (Å²) in [6, 6.07) is 11.3. The van der Waals surface area contributed by atoms with Gasteiger partial charge in [0.25, 0.3) is 5.88 Å². The minimum atomic E-state index is 0.264. The number of nitrogens with zero attached hydrogens (tertiary/aromatic N) is 6. The summed E-state index contributed by atoms with van der Waals surface area (Å²) in [6.45, 7) is 3.00. The van der Waals surface area contributed by atoms with Crippen LogP contribution < -0.4 is 24.4 Å². The highest BCUT2D eigenvalue weighted by Crippen LogP contribution is 2.32. The van der Waals surface area contributed by atoms with Crippen molar-refractivity contribution in [3.05, 3.63) is 60.0 Å². The summed E-state index contributed by atoms with van der Waals surface area (Å²) in [5.41, 5.74) is 3.65. The summed E-state index contributed by atoms with van der Waals surface area (Å²) in [5.74, 6) is 2.04. The first-order valence-corrected chi connectivity index (χ1v) is 11.6. The maximum absolute atomic E-state index is 9.99. The Bertz CT molecular complexity index is 1430. The average Bonchev–Trinajstić information content (AvgIpc) is 2.96. The SMILES string of the molecule is COc1ccc(COc2ncc(Nc3ccc4ncc(N5CCOCC5)nc4c3C#N)cc2OC)cn1. The van der Waals surface area contributed by atoms with Gasteiger partial charge < -0.3 is 29.2 Å². The fourth-order valence-corrected chi connectivity index (χ4v) is 3.91. The van der Waals surface area contributed by atoms with Gasteiger partial charge in [0, 0.05) is 37.0 Å². The lowest BCUT2D eigenvalue weighted by atomic mass is 10.1. The number of fused-ring (bicyclic) bond motifs is 1. The standard InChI is InChI=1S/C26H25N7O4/c1-34-22-11-18(14-30-26(22)37-16-17-3-6-24(35-2)29-13-17)31-20-4-5-21-25(19(20)12-27)32-23(15-28-21)33-7-9-36-10-8-33/h3-6,11,13-15,31H,7-10,16H2,1-2H3. The Kier molecular flexibility index (Phi) is 7.09. The third-order valence-corrected chi connectivity index (χ3v) is 5.85. The minimum Gasteiger partial charge on any atom is -0.491 e. The Morgan fingerprint density at radius 1 is 1.03 bits per heavy atom. The molecule has 4 aromatic rings. The van der Waals surface area contributed by atoms with Crippen molar-refractivity contribution in [2.45, 2.75) is 6.61 Å². The summed E-state index contributed by atoms with van der Waals surface area (Å²) in [4.78, 5) is 20.0. The molecule has 0 spiro atoms. The van der Waals surface area contributed by atoms with Gasteiger partial charge in [0.15, 0.2) is 5.75 Å². The number of nitriles is 1. The van der Waals surface area contributed by atoms with Gasteiger partial charge in [0.1, 0.15) is 29.6 Å². The summed E-state index contributed by atoms with van der Waals surface area (Å²) in [5, 5.41) is 13.2. The van der Waals surface area contributed by atoms with E-state index in [0.717, 1.165) is 24.5 Å². The van der Waals surface area contributed by atoms with Gasteiger partial charge >= 0.3 is 0 Å². The fourth-order valence-electron chi connectivity index (χ4n) is 3.91. The molecule has 1 aliphatic rings. The molecule has 0 saturated carbocycles. The number of aromatic nitrogens is 4. The molecule has 1 fully saturated rings. The molecule has 5 rings (SSSR count). The van der Waals surface area contributed by atoms with E-state index < -0.39 is 0 Å². The summed E-state index contributed by atoms with van der Waals surface area (Å²) in [7, 11) is 3.11. The number of hydrogen-bond donors (Lipinski definition) is 1. The van der Waals surface area contributed by atoms with E-state index in [1.54, 1.807) is 51.0 Å². The molecule has 0 unspecified atom stereocenters. The maximum atomic E-state index is 9.99. The van der Waals surface area contributed by atoms with Gasteiger partial charge in [-0.1, -0.05) is 0 Å². The van der Waals surface area contributed by atoms with Crippen molar-refractivity contribution < 1.29 is 18.9 Å². The van der Waals surface area contributed by atoms with Crippen LogP contribution in [-0.4, -0.2) is 60.5 Å². The molecule has 37 heavy (non-hydrogen) atoms. The number of nitrogens with one attached hydrogen (secondary N) is 1. The molecule has 188 valence electrons. The van der Waals surface area contributed by atoms with E-state index >= 15 is 0 Å². The third-order valence-electron chi connectivity index (χ3n) is 5.85. The normalized spacial score (nSPS) is 13.2. The van der Waals surface area contributed by atoms with Crippen LogP contribution in [0.4, 0.5) is 17.2 Å². The van der Waals surface area contributed by atoms with Gasteiger partial charge in [-0.2, -0.15) is 5.26 Å². The molecule has 1 N–H and O–H groups in total.